The molecule has 1 saturated heterocycles. The van der Waals surface area contributed by atoms with Gasteiger partial charge in [-0.15, -0.1) is 10.2 Å². The Hall–Kier alpha value is -1.50. The topological polar surface area (TPSA) is 84.7 Å². The molecule has 1 aliphatic rings. The molecule has 0 bridgehead atoms. The number of carbonyl (C=O) groups is 1. The van der Waals surface area contributed by atoms with Crippen molar-refractivity contribution in [3.63, 3.8) is 0 Å². The van der Waals surface area contributed by atoms with Gasteiger partial charge in [-0.2, -0.15) is 4.80 Å². The molecule has 14 heavy (non-hydrogen) atoms. The third-order valence-corrected chi connectivity index (χ3v) is 2.11. The van der Waals surface area contributed by atoms with Crippen LogP contribution in [0.5, 0.6) is 0 Å². The SMILES string of the molecule is Cn1nnc(CNC2CCNC2=O)n1. The lowest BCUT2D eigenvalue weighted by Crippen LogP contribution is -2.35. The Morgan fingerprint density at radius 1 is 1.71 bits per heavy atom. The van der Waals surface area contributed by atoms with Gasteiger partial charge in [0.1, 0.15) is 0 Å². The van der Waals surface area contributed by atoms with E-state index >= 15 is 0 Å². The molecule has 2 rings (SSSR count). The number of aromatic nitrogens is 4. The lowest BCUT2D eigenvalue weighted by molar-refractivity contribution is -0.120. The van der Waals surface area contributed by atoms with E-state index in [1.54, 1.807) is 7.05 Å². The number of rotatable bonds is 3. The van der Waals surface area contributed by atoms with E-state index < -0.39 is 0 Å². The second kappa shape index (κ2) is 3.70. The molecule has 7 heteroatoms. The predicted octanol–water partition coefficient (Wildman–Crippen LogP) is -1.81. The van der Waals surface area contributed by atoms with Crippen molar-refractivity contribution >= 4 is 5.91 Å². The lowest BCUT2D eigenvalue weighted by Gasteiger charge is -2.06. The van der Waals surface area contributed by atoms with E-state index in [4.69, 9.17) is 0 Å². The molecule has 0 saturated carbocycles. The summed E-state index contributed by atoms with van der Waals surface area (Å²) in [6, 6.07) is -0.112. The lowest BCUT2D eigenvalue weighted by atomic mass is 10.2. The van der Waals surface area contributed by atoms with E-state index in [1.807, 2.05) is 0 Å². The highest BCUT2D eigenvalue weighted by atomic mass is 16.2. The van der Waals surface area contributed by atoms with Crippen molar-refractivity contribution in [2.45, 2.75) is 19.0 Å². The first kappa shape index (κ1) is 9.07. The van der Waals surface area contributed by atoms with Crippen LogP contribution in [0.25, 0.3) is 0 Å². The summed E-state index contributed by atoms with van der Waals surface area (Å²) >= 11 is 0. The van der Waals surface area contributed by atoms with Gasteiger partial charge in [0.25, 0.3) is 0 Å². The molecule has 1 fully saturated rings. The monoisotopic (exact) mass is 196 g/mol. The number of nitrogens with one attached hydrogen (secondary N) is 2. The summed E-state index contributed by atoms with van der Waals surface area (Å²) in [6.07, 6.45) is 0.819. The molecule has 1 aromatic rings. The van der Waals surface area contributed by atoms with Crippen LogP contribution in [0.3, 0.4) is 0 Å². The Balaban J connectivity index is 1.85. The minimum Gasteiger partial charge on any atom is -0.355 e. The van der Waals surface area contributed by atoms with Gasteiger partial charge in [-0.3, -0.25) is 10.1 Å². The zero-order chi connectivity index (χ0) is 9.97. The van der Waals surface area contributed by atoms with Crippen LogP contribution in [-0.4, -0.2) is 38.7 Å². The molecule has 1 atom stereocenters. The Morgan fingerprint density at radius 2 is 2.57 bits per heavy atom. The maximum absolute atomic E-state index is 11.2. The van der Waals surface area contributed by atoms with Crippen LogP contribution in [0.4, 0.5) is 0 Å². The fourth-order valence-electron chi connectivity index (χ4n) is 1.40. The molecule has 76 valence electrons. The van der Waals surface area contributed by atoms with Crippen molar-refractivity contribution in [1.29, 1.82) is 0 Å². The third kappa shape index (κ3) is 1.87. The average molecular weight is 196 g/mol. The zero-order valence-electron chi connectivity index (χ0n) is 7.90. The van der Waals surface area contributed by atoms with Crippen LogP contribution in [0, 0.1) is 0 Å². The van der Waals surface area contributed by atoms with Crippen molar-refractivity contribution in [2.75, 3.05) is 6.54 Å². The Labute approximate surface area is 80.9 Å². The number of hydrogen-bond donors (Lipinski definition) is 2. The maximum atomic E-state index is 11.2. The number of nitrogens with zero attached hydrogens (tertiary/aromatic N) is 4. The number of hydrogen-bond acceptors (Lipinski definition) is 5. The first-order valence-corrected chi connectivity index (χ1v) is 4.49. The van der Waals surface area contributed by atoms with Crippen molar-refractivity contribution in [2.24, 2.45) is 7.05 Å². The first-order chi connectivity index (χ1) is 6.75. The summed E-state index contributed by atoms with van der Waals surface area (Å²) in [7, 11) is 1.71. The zero-order valence-corrected chi connectivity index (χ0v) is 7.90. The highest BCUT2D eigenvalue weighted by molar-refractivity contribution is 5.83. The Bertz CT molecular complexity index is 335. The summed E-state index contributed by atoms with van der Waals surface area (Å²) in [4.78, 5) is 12.6. The molecular weight excluding hydrogens is 184 g/mol. The van der Waals surface area contributed by atoms with Crippen molar-refractivity contribution in [3.05, 3.63) is 5.82 Å². The number of tetrazole rings is 1. The molecule has 1 aromatic heterocycles. The summed E-state index contributed by atoms with van der Waals surface area (Å²) in [6.45, 7) is 1.22. The van der Waals surface area contributed by atoms with Crippen LogP contribution >= 0.6 is 0 Å². The van der Waals surface area contributed by atoms with Gasteiger partial charge >= 0.3 is 0 Å². The molecule has 0 radical (unpaired) electrons. The number of amides is 1. The Morgan fingerprint density at radius 3 is 3.14 bits per heavy atom. The molecule has 1 unspecified atom stereocenters. The van der Waals surface area contributed by atoms with Gasteiger partial charge in [0.2, 0.25) is 5.91 Å². The average Bonchev–Trinajstić information content (AvgIpc) is 2.72. The quantitative estimate of drug-likeness (QED) is 0.595. The fourth-order valence-corrected chi connectivity index (χ4v) is 1.40. The Kier molecular flexibility index (Phi) is 2.40. The smallest absolute Gasteiger partial charge is 0.237 e. The minimum absolute atomic E-state index is 0.0499. The number of aryl methyl sites for hydroxylation is 1. The van der Waals surface area contributed by atoms with Crippen LogP contribution in [-0.2, 0) is 18.4 Å². The minimum atomic E-state index is -0.112. The van der Waals surface area contributed by atoms with Crippen LogP contribution in [0.2, 0.25) is 0 Å². The standard InChI is InChI=1S/C7H12N6O/c1-13-11-6(10-12-13)4-9-5-2-3-8-7(5)14/h5,9H,2-4H2,1H3,(H,8,14). The molecule has 1 aliphatic heterocycles. The number of carbonyl (C=O) groups excluding carboxylic acids is 1. The van der Waals surface area contributed by atoms with E-state index in [2.05, 4.69) is 26.0 Å². The van der Waals surface area contributed by atoms with E-state index in [9.17, 15) is 4.79 Å². The van der Waals surface area contributed by atoms with E-state index in [0.717, 1.165) is 13.0 Å². The highest BCUT2D eigenvalue weighted by Crippen LogP contribution is 1.99. The summed E-state index contributed by atoms with van der Waals surface area (Å²) in [5.74, 6) is 0.654. The molecular formula is C7H12N6O. The van der Waals surface area contributed by atoms with Gasteiger partial charge in [0.05, 0.1) is 19.6 Å². The molecule has 2 heterocycles. The maximum Gasteiger partial charge on any atom is 0.237 e. The van der Waals surface area contributed by atoms with Gasteiger partial charge in [-0.25, -0.2) is 0 Å². The van der Waals surface area contributed by atoms with Crippen molar-refractivity contribution in [1.82, 2.24) is 30.8 Å². The summed E-state index contributed by atoms with van der Waals surface area (Å²) in [5.41, 5.74) is 0. The van der Waals surface area contributed by atoms with Gasteiger partial charge in [-0.1, -0.05) is 0 Å². The highest BCUT2D eigenvalue weighted by Gasteiger charge is 2.23. The van der Waals surface area contributed by atoms with Crippen LogP contribution < -0.4 is 10.6 Å². The molecule has 0 spiro atoms. The fraction of sp³-hybridized carbons (Fsp3) is 0.714. The van der Waals surface area contributed by atoms with E-state index in [1.165, 1.54) is 4.80 Å². The van der Waals surface area contributed by atoms with Crippen LogP contribution in [0.15, 0.2) is 0 Å². The van der Waals surface area contributed by atoms with Gasteiger partial charge in [-0.05, 0) is 11.6 Å². The van der Waals surface area contributed by atoms with Crippen molar-refractivity contribution < 1.29 is 4.79 Å². The molecule has 1 amide bonds. The second-order valence-corrected chi connectivity index (χ2v) is 3.21. The second-order valence-electron chi connectivity index (χ2n) is 3.21. The van der Waals surface area contributed by atoms with Gasteiger partial charge in [0, 0.05) is 6.54 Å². The van der Waals surface area contributed by atoms with Gasteiger partial charge in [0.15, 0.2) is 5.82 Å². The van der Waals surface area contributed by atoms with E-state index in [-0.39, 0.29) is 11.9 Å². The predicted molar refractivity (Wildman–Crippen MR) is 47.1 cm³/mol. The van der Waals surface area contributed by atoms with Crippen molar-refractivity contribution in [3.8, 4) is 0 Å². The normalized spacial score (nSPS) is 21.2. The molecule has 0 aromatic carbocycles. The summed E-state index contributed by atoms with van der Waals surface area (Å²) in [5, 5.41) is 17.3. The molecule has 7 nitrogen and oxygen atoms in total. The first-order valence-electron chi connectivity index (χ1n) is 4.49. The third-order valence-electron chi connectivity index (χ3n) is 2.11. The van der Waals surface area contributed by atoms with Crippen LogP contribution in [0.1, 0.15) is 12.2 Å². The van der Waals surface area contributed by atoms with Gasteiger partial charge < -0.3 is 5.32 Å². The van der Waals surface area contributed by atoms with E-state index in [0.29, 0.717) is 12.4 Å². The molecule has 0 aliphatic carbocycles. The summed E-state index contributed by atoms with van der Waals surface area (Å²) < 4.78 is 0. The molecule has 2 N–H and O–H groups in total. The largest absolute Gasteiger partial charge is 0.355 e.